The SMILES string of the molecule is COC(=O)C(N)C1=NCCN1. The number of rotatable bonds is 2. The lowest BCUT2D eigenvalue weighted by molar-refractivity contribution is -0.140. The summed E-state index contributed by atoms with van der Waals surface area (Å²) in [5, 5.41) is 2.90. The molecule has 0 radical (unpaired) electrons. The molecule has 0 amide bonds. The third-order valence-corrected chi connectivity index (χ3v) is 1.45. The standard InChI is InChI=1S/C6H11N3O2/c1-11-6(10)4(7)5-8-2-3-9-5/h4H,2-3,7H2,1H3,(H,8,9). The molecule has 1 heterocycles. The molecule has 5 heteroatoms. The molecule has 1 atom stereocenters. The summed E-state index contributed by atoms with van der Waals surface area (Å²) in [4.78, 5) is 14.8. The maximum atomic E-state index is 10.8. The second kappa shape index (κ2) is 3.34. The summed E-state index contributed by atoms with van der Waals surface area (Å²) in [5.74, 6) is 0.0648. The Hall–Kier alpha value is -1.10. The van der Waals surface area contributed by atoms with Gasteiger partial charge in [-0.1, -0.05) is 0 Å². The predicted octanol–water partition coefficient (Wildman–Crippen LogP) is -1.51. The Morgan fingerprint density at radius 3 is 3.09 bits per heavy atom. The summed E-state index contributed by atoms with van der Waals surface area (Å²) in [6.07, 6.45) is 0. The van der Waals surface area contributed by atoms with Crippen LogP contribution < -0.4 is 11.1 Å². The minimum Gasteiger partial charge on any atom is -0.468 e. The van der Waals surface area contributed by atoms with E-state index in [2.05, 4.69) is 15.0 Å². The van der Waals surface area contributed by atoms with Gasteiger partial charge in [0.05, 0.1) is 13.7 Å². The number of esters is 1. The maximum Gasteiger partial charge on any atom is 0.330 e. The van der Waals surface area contributed by atoms with Crippen molar-refractivity contribution in [3.8, 4) is 0 Å². The van der Waals surface area contributed by atoms with Crippen molar-refractivity contribution in [3.05, 3.63) is 0 Å². The van der Waals surface area contributed by atoms with E-state index in [1.54, 1.807) is 0 Å². The molecule has 0 spiro atoms. The molecule has 1 aliphatic rings. The number of carbonyl (C=O) groups is 1. The number of amidine groups is 1. The fourth-order valence-electron chi connectivity index (χ4n) is 0.863. The molecular formula is C6H11N3O2. The Balaban J connectivity index is 2.52. The number of carbonyl (C=O) groups excluding carboxylic acids is 1. The summed E-state index contributed by atoms with van der Waals surface area (Å²) in [6.45, 7) is 1.43. The first-order valence-corrected chi connectivity index (χ1v) is 3.37. The second-order valence-corrected chi connectivity index (χ2v) is 2.19. The molecule has 0 aromatic rings. The normalized spacial score (nSPS) is 18.5. The van der Waals surface area contributed by atoms with E-state index in [0.29, 0.717) is 12.4 Å². The van der Waals surface area contributed by atoms with E-state index in [1.807, 2.05) is 0 Å². The quantitative estimate of drug-likeness (QED) is 0.478. The highest BCUT2D eigenvalue weighted by atomic mass is 16.5. The minimum atomic E-state index is -0.748. The smallest absolute Gasteiger partial charge is 0.330 e. The first-order valence-electron chi connectivity index (χ1n) is 3.37. The second-order valence-electron chi connectivity index (χ2n) is 2.19. The van der Waals surface area contributed by atoms with Crippen LogP contribution in [0.1, 0.15) is 0 Å². The van der Waals surface area contributed by atoms with Crippen molar-refractivity contribution in [2.45, 2.75) is 6.04 Å². The number of hydrogen-bond acceptors (Lipinski definition) is 5. The van der Waals surface area contributed by atoms with E-state index >= 15 is 0 Å². The van der Waals surface area contributed by atoms with Gasteiger partial charge in [0, 0.05) is 6.54 Å². The highest BCUT2D eigenvalue weighted by molar-refractivity contribution is 6.05. The van der Waals surface area contributed by atoms with E-state index in [1.165, 1.54) is 7.11 Å². The zero-order valence-corrected chi connectivity index (χ0v) is 6.33. The van der Waals surface area contributed by atoms with Crippen LogP contribution in [0.4, 0.5) is 0 Å². The molecule has 1 unspecified atom stereocenters. The summed E-state index contributed by atoms with van der Waals surface area (Å²) >= 11 is 0. The van der Waals surface area contributed by atoms with Crippen LogP contribution in [-0.2, 0) is 9.53 Å². The van der Waals surface area contributed by atoms with Crippen molar-refractivity contribution in [2.24, 2.45) is 10.7 Å². The molecule has 11 heavy (non-hydrogen) atoms. The summed E-state index contributed by atoms with van der Waals surface area (Å²) in [5.41, 5.74) is 5.47. The molecule has 0 aliphatic carbocycles. The van der Waals surface area contributed by atoms with Crippen LogP contribution in [0.3, 0.4) is 0 Å². The maximum absolute atomic E-state index is 10.8. The molecule has 0 fully saturated rings. The number of aliphatic imine (C=N–C) groups is 1. The third kappa shape index (κ3) is 1.68. The molecule has 3 N–H and O–H groups in total. The average molecular weight is 157 g/mol. The highest BCUT2D eigenvalue weighted by Gasteiger charge is 2.22. The Morgan fingerprint density at radius 2 is 2.64 bits per heavy atom. The molecular weight excluding hydrogens is 146 g/mol. The number of ether oxygens (including phenoxy) is 1. The molecule has 0 saturated heterocycles. The van der Waals surface area contributed by atoms with Gasteiger partial charge in [-0.3, -0.25) is 4.99 Å². The lowest BCUT2D eigenvalue weighted by atomic mass is 10.3. The zero-order chi connectivity index (χ0) is 8.27. The third-order valence-electron chi connectivity index (χ3n) is 1.45. The first-order chi connectivity index (χ1) is 5.25. The van der Waals surface area contributed by atoms with Gasteiger partial charge in [-0.05, 0) is 0 Å². The van der Waals surface area contributed by atoms with Crippen LogP contribution in [-0.4, -0.2) is 38.0 Å². The molecule has 0 aromatic heterocycles. The van der Waals surface area contributed by atoms with Gasteiger partial charge in [0.2, 0.25) is 0 Å². The van der Waals surface area contributed by atoms with Crippen molar-refractivity contribution < 1.29 is 9.53 Å². The molecule has 0 saturated carbocycles. The summed E-state index contributed by atoms with van der Waals surface area (Å²) < 4.78 is 4.44. The number of methoxy groups -OCH3 is 1. The molecule has 0 aromatic carbocycles. The fraction of sp³-hybridized carbons (Fsp3) is 0.667. The molecule has 1 rings (SSSR count). The number of nitrogens with two attached hydrogens (primary N) is 1. The van der Waals surface area contributed by atoms with E-state index in [4.69, 9.17) is 5.73 Å². The van der Waals surface area contributed by atoms with E-state index in [9.17, 15) is 4.79 Å². The van der Waals surface area contributed by atoms with E-state index < -0.39 is 12.0 Å². The topological polar surface area (TPSA) is 76.7 Å². The Morgan fingerprint density at radius 1 is 1.91 bits per heavy atom. The summed E-state index contributed by atoms with van der Waals surface area (Å²) in [6, 6.07) is -0.748. The van der Waals surface area contributed by atoms with Gasteiger partial charge in [0.25, 0.3) is 0 Å². The predicted molar refractivity (Wildman–Crippen MR) is 40.3 cm³/mol. The number of hydrogen-bond donors (Lipinski definition) is 2. The van der Waals surface area contributed by atoms with E-state index in [-0.39, 0.29) is 0 Å². The van der Waals surface area contributed by atoms with Crippen LogP contribution in [0.25, 0.3) is 0 Å². The van der Waals surface area contributed by atoms with Crippen LogP contribution in [0.5, 0.6) is 0 Å². The minimum absolute atomic E-state index is 0.460. The zero-order valence-electron chi connectivity index (χ0n) is 6.33. The van der Waals surface area contributed by atoms with Crippen molar-refractivity contribution >= 4 is 11.8 Å². The lowest BCUT2D eigenvalue weighted by Gasteiger charge is -2.08. The van der Waals surface area contributed by atoms with Gasteiger partial charge >= 0.3 is 5.97 Å². The number of nitrogens with one attached hydrogen (secondary N) is 1. The van der Waals surface area contributed by atoms with Crippen LogP contribution in [0.15, 0.2) is 4.99 Å². The Kier molecular flexibility index (Phi) is 2.43. The van der Waals surface area contributed by atoms with E-state index in [0.717, 1.165) is 6.54 Å². The molecule has 0 bridgehead atoms. The van der Waals surface area contributed by atoms with Gasteiger partial charge in [-0.25, -0.2) is 4.79 Å². The average Bonchev–Trinajstić information content (AvgIpc) is 2.53. The fourth-order valence-corrected chi connectivity index (χ4v) is 0.863. The highest BCUT2D eigenvalue weighted by Crippen LogP contribution is 1.91. The largest absolute Gasteiger partial charge is 0.468 e. The molecule has 5 nitrogen and oxygen atoms in total. The summed E-state index contributed by atoms with van der Waals surface area (Å²) in [7, 11) is 1.30. The van der Waals surface area contributed by atoms with Gasteiger partial charge < -0.3 is 15.8 Å². The van der Waals surface area contributed by atoms with Crippen molar-refractivity contribution in [3.63, 3.8) is 0 Å². The van der Waals surface area contributed by atoms with Gasteiger partial charge in [0.15, 0.2) is 6.04 Å². The number of nitrogens with zero attached hydrogens (tertiary/aromatic N) is 1. The monoisotopic (exact) mass is 157 g/mol. The molecule has 62 valence electrons. The lowest BCUT2D eigenvalue weighted by Crippen LogP contribution is -2.44. The van der Waals surface area contributed by atoms with Crippen LogP contribution in [0, 0.1) is 0 Å². The van der Waals surface area contributed by atoms with Crippen molar-refractivity contribution in [2.75, 3.05) is 20.2 Å². The van der Waals surface area contributed by atoms with Crippen molar-refractivity contribution in [1.82, 2.24) is 5.32 Å². The van der Waals surface area contributed by atoms with Crippen molar-refractivity contribution in [1.29, 1.82) is 0 Å². The Bertz CT molecular complexity index is 190. The van der Waals surface area contributed by atoms with Gasteiger partial charge in [0.1, 0.15) is 5.84 Å². The van der Waals surface area contributed by atoms with Crippen LogP contribution >= 0.6 is 0 Å². The van der Waals surface area contributed by atoms with Crippen LogP contribution in [0.2, 0.25) is 0 Å². The molecule has 1 aliphatic heterocycles. The van der Waals surface area contributed by atoms with Gasteiger partial charge in [-0.2, -0.15) is 0 Å². The Labute approximate surface area is 64.6 Å². The van der Waals surface area contributed by atoms with Gasteiger partial charge in [-0.15, -0.1) is 0 Å². The first kappa shape index (κ1) is 8.00.